The van der Waals surface area contributed by atoms with Crippen LogP contribution in [0.3, 0.4) is 0 Å². The highest BCUT2D eigenvalue weighted by Crippen LogP contribution is 2.36. The van der Waals surface area contributed by atoms with E-state index in [-0.39, 0.29) is 12.1 Å². The average Bonchev–Trinajstić information content (AvgIpc) is 2.59. The first kappa shape index (κ1) is 22.1. The van der Waals surface area contributed by atoms with E-state index in [4.69, 9.17) is 4.74 Å². The van der Waals surface area contributed by atoms with Crippen molar-refractivity contribution in [1.82, 2.24) is 5.32 Å². The van der Waals surface area contributed by atoms with Crippen LogP contribution in [0.25, 0.3) is 0 Å². The molecule has 7 heteroatoms. The Hall–Kier alpha value is -1.18. The molecule has 1 saturated carbocycles. The molecule has 0 bridgehead atoms. The minimum atomic E-state index is -4.62. The maximum atomic E-state index is 12.7. The highest BCUT2D eigenvalue weighted by Gasteiger charge is 2.41. The van der Waals surface area contributed by atoms with E-state index in [2.05, 4.69) is 5.32 Å². The Morgan fingerprint density at radius 1 is 1.22 bits per heavy atom. The zero-order chi connectivity index (χ0) is 20.1. The van der Waals surface area contributed by atoms with Crippen molar-refractivity contribution in [3.8, 4) is 0 Å². The third-order valence-corrected chi connectivity index (χ3v) is 4.97. The molecule has 0 amide bonds. The lowest BCUT2D eigenvalue weighted by atomic mass is 9.77. The molecule has 1 aliphatic rings. The van der Waals surface area contributed by atoms with E-state index in [9.17, 15) is 22.7 Å². The van der Waals surface area contributed by atoms with Crippen LogP contribution in [0.15, 0.2) is 24.3 Å². The lowest BCUT2D eigenvalue weighted by molar-refractivity contribution is -0.202. The highest BCUT2D eigenvalue weighted by atomic mass is 19.4. The summed E-state index contributed by atoms with van der Waals surface area (Å²) in [5.74, 6) is 0. The van der Waals surface area contributed by atoms with E-state index >= 15 is 0 Å². The molecule has 1 aliphatic carbocycles. The summed E-state index contributed by atoms with van der Waals surface area (Å²) >= 11 is 0. The van der Waals surface area contributed by atoms with Gasteiger partial charge < -0.3 is 15.2 Å². The molecule has 27 heavy (non-hydrogen) atoms. The molecule has 3 nitrogen and oxygen atoms in total. The number of nitrogens with one attached hydrogen (secondary N) is 1. The summed E-state index contributed by atoms with van der Waals surface area (Å²) in [5.41, 5.74) is 1.15. The molecule has 2 rings (SSSR count). The Bertz CT molecular complexity index is 576. The Kier molecular flexibility index (Phi) is 7.65. The van der Waals surface area contributed by atoms with Gasteiger partial charge >= 0.3 is 6.18 Å². The van der Waals surface area contributed by atoms with E-state index in [1.807, 2.05) is 26.0 Å². The number of hydrogen-bond donors (Lipinski definition) is 2. The van der Waals surface area contributed by atoms with Gasteiger partial charge in [0.2, 0.25) is 0 Å². The van der Waals surface area contributed by atoms with Crippen molar-refractivity contribution < 1.29 is 27.4 Å². The van der Waals surface area contributed by atoms with Crippen molar-refractivity contribution in [1.29, 1.82) is 0 Å². The molecule has 0 radical (unpaired) electrons. The minimum Gasteiger partial charge on any atom is -0.382 e. The molecule has 3 atom stereocenters. The van der Waals surface area contributed by atoms with Crippen molar-refractivity contribution in [3.05, 3.63) is 35.4 Å². The van der Waals surface area contributed by atoms with Crippen molar-refractivity contribution >= 4 is 0 Å². The second kappa shape index (κ2) is 9.34. The van der Waals surface area contributed by atoms with Crippen LogP contribution in [0.1, 0.15) is 50.7 Å². The third-order valence-electron chi connectivity index (χ3n) is 4.97. The number of rotatable bonds is 8. The van der Waals surface area contributed by atoms with E-state index in [0.29, 0.717) is 18.4 Å². The van der Waals surface area contributed by atoms with E-state index in [1.54, 1.807) is 12.1 Å². The number of aliphatic hydroxyl groups is 1. The molecule has 3 unspecified atom stereocenters. The van der Waals surface area contributed by atoms with Crippen LogP contribution in [0.2, 0.25) is 0 Å². The van der Waals surface area contributed by atoms with Gasteiger partial charge in [-0.05, 0) is 50.7 Å². The summed E-state index contributed by atoms with van der Waals surface area (Å²) in [6.45, 7) is 2.86. The van der Waals surface area contributed by atoms with Gasteiger partial charge in [0.15, 0.2) is 6.10 Å². The van der Waals surface area contributed by atoms with E-state index in [0.717, 1.165) is 24.8 Å². The fourth-order valence-corrected chi connectivity index (χ4v) is 3.82. The quantitative estimate of drug-likeness (QED) is 0.649. The number of ether oxygens (including phenoxy) is 1. The standard InChI is InChI=1S/C20H29F4NO2/c1-14(2)27-19(10-15-5-7-16(12-21)8-6-15)9-3-4-17(11-19)25-13-18(26)20(22,23)24/h5-8,14,17-18,25-26H,3-4,9-13H2,1-2H3. The lowest BCUT2D eigenvalue weighted by Gasteiger charge is -2.43. The van der Waals surface area contributed by atoms with Gasteiger partial charge in [-0.3, -0.25) is 0 Å². The Morgan fingerprint density at radius 2 is 1.85 bits per heavy atom. The van der Waals surface area contributed by atoms with E-state index in [1.165, 1.54) is 0 Å². The summed E-state index contributed by atoms with van der Waals surface area (Å²) < 4.78 is 56.6. The van der Waals surface area contributed by atoms with Crippen LogP contribution in [0, 0.1) is 0 Å². The molecule has 1 aromatic rings. The second-order valence-corrected chi connectivity index (χ2v) is 7.74. The lowest BCUT2D eigenvalue weighted by Crippen LogP contribution is -2.50. The molecule has 0 spiro atoms. The zero-order valence-electron chi connectivity index (χ0n) is 15.9. The third kappa shape index (κ3) is 6.73. The van der Waals surface area contributed by atoms with Crippen LogP contribution in [-0.4, -0.2) is 41.7 Å². The predicted molar refractivity (Wildman–Crippen MR) is 96.2 cm³/mol. The second-order valence-electron chi connectivity index (χ2n) is 7.74. The summed E-state index contributed by atoms with van der Waals surface area (Å²) in [5, 5.41) is 12.1. The van der Waals surface area contributed by atoms with Crippen LogP contribution < -0.4 is 5.32 Å². The van der Waals surface area contributed by atoms with Crippen molar-refractivity contribution in [2.75, 3.05) is 6.54 Å². The maximum absolute atomic E-state index is 12.7. The predicted octanol–water partition coefficient (Wildman–Crippen LogP) is 4.32. The van der Waals surface area contributed by atoms with E-state index < -0.39 is 31.1 Å². The summed E-state index contributed by atoms with van der Waals surface area (Å²) in [4.78, 5) is 0. The van der Waals surface area contributed by atoms with Gasteiger partial charge in [0.25, 0.3) is 0 Å². The van der Waals surface area contributed by atoms with Crippen LogP contribution in [0.4, 0.5) is 17.6 Å². The monoisotopic (exact) mass is 391 g/mol. The van der Waals surface area contributed by atoms with Crippen LogP contribution in [0.5, 0.6) is 0 Å². The molecule has 0 aliphatic heterocycles. The molecule has 154 valence electrons. The van der Waals surface area contributed by atoms with Gasteiger partial charge in [-0.25, -0.2) is 4.39 Å². The van der Waals surface area contributed by atoms with Crippen molar-refractivity contribution in [3.63, 3.8) is 0 Å². The van der Waals surface area contributed by atoms with Crippen LogP contribution >= 0.6 is 0 Å². The number of benzene rings is 1. The first-order valence-electron chi connectivity index (χ1n) is 9.43. The Labute approximate surface area is 158 Å². The van der Waals surface area contributed by atoms with Gasteiger partial charge in [-0.2, -0.15) is 13.2 Å². The average molecular weight is 391 g/mol. The number of aliphatic hydroxyl groups excluding tert-OH is 1. The smallest absolute Gasteiger partial charge is 0.382 e. The maximum Gasteiger partial charge on any atom is 0.415 e. The minimum absolute atomic E-state index is 0.0189. The highest BCUT2D eigenvalue weighted by molar-refractivity contribution is 5.24. The number of alkyl halides is 4. The summed E-state index contributed by atoms with van der Waals surface area (Å²) in [6.07, 6.45) is -3.42. The van der Waals surface area contributed by atoms with Crippen molar-refractivity contribution in [2.45, 2.75) is 82.7 Å². The largest absolute Gasteiger partial charge is 0.415 e. The fraction of sp³-hybridized carbons (Fsp3) is 0.700. The van der Waals surface area contributed by atoms with Gasteiger partial charge in [-0.1, -0.05) is 24.3 Å². The number of hydrogen-bond acceptors (Lipinski definition) is 3. The zero-order valence-corrected chi connectivity index (χ0v) is 15.9. The molecule has 1 aromatic carbocycles. The first-order chi connectivity index (χ1) is 12.6. The van der Waals surface area contributed by atoms with Crippen LogP contribution in [-0.2, 0) is 17.8 Å². The summed E-state index contributed by atoms with van der Waals surface area (Å²) in [6, 6.07) is 7.10. The topological polar surface area (TPSA) is 41.5 Å². The number of halogens is 4. The van der Waals surface area contributed by atoms with Gasteiger partial charge in [0, 0.05) is 19.0 Å². The molecule has 1 fully saturated rings. The molecule has 0 heterocycles. The molecule has 2 N–H and O–H groups in total. The molecule has 0 aromatic heterocycles. The van der Waals surface area contributed by atoms with Crippen molar-refractivity contribution in [2.24, 2.45) is 0 Å². The SMILES string of the molecule is CC(C)OC1(Cc2ccc(CF)cc2)CCCC(NCC(O)C(F)(F)F)C1. The van der Waals surface area contributed by atoms with Gasteiger partial charge in [0.1, 0.15) is 6.67 Å². The first-order valence-corrected chi connectivity index (χ1v) is 9.43. The Balaban J connectivity index is 2.06. The van der Waals surface area contributed by atoms with Gasteiger partial charge in [-0.15, -0.1) is 0 Å². The summed E-state index contributed by atoms with van der Waals surface area (Å²) in [7, 11) is 0. The van der Waals surface area contributed by atoms with Gasteiger partial charge in [0.05, 0.1) is 11.7 Å². The molecular formula is C20H29F4NO2. The normalized spacial score (nSPS) is 25.0. The molecular weight excluding hydrogens is 362 g/mol. The fourth-order valence-electron chi connectivity index (χ4n) is 3.82. The Morgan fingerprint density at radius 3 is 2.41 bits per heavy atom. The molecule has 0 saturated heterocycles.